The highest BCUT2D eigenvalue weighted by Crippen LogP contribution is 2.41. The quantitative estimate of drug-likeness (QED) is 0.730. The van der Waals surface area contributed by atoms with E-state index in [1.165, 1.54) is 0 Å². The van der Waals surface area contributed by atoms with E-state index in [-0.39, 0.29) is 12.0 Å². The first-order valence-electron chi connectivity index (χ1n) is 10.3. The molecule has 2 aliphatic rings. The number of fused-ring (bicyclic) bond motifs is 1. The van der Waals surface area contributed by atoms with Crippen LogP contribution in [0.2, 0.25) is 0 Å². The Morgan fingerprint density at radius 3 is 2.19 bits per heavy atom. The lowest BCUT2D eigenvalue weighted by atomic mass is 9.96. The summed E-state index contributed by atoms with van der Waals surface area (Å²) in [6.45, 7) is 2.90. The summed E-state index contributed by atoms with van der Waals surface area (Å²) in [6.07, 6.45) is 1.67. The fourth-order valence-corrected chi connectivity index (χ4v) is 3.99. The number of ether oxygens (including phenoxy) is 5. The Bertz CT molecular complexity index is 976. The molecule has 2 unspecified atom stereocenters. The third-order valence-electron chi connectivity index (χ3n) is 5.64. The van der Waals surface area contributed by atoms with Crippen molar-refractivity contribution in [2.75, 3.05) is 34.4 Å². The average molecular weight is 425 g/mol. The number of methoxy groups -OCH3 is 3. The molecule has 4 rings (SSSR count). The van der Waals surface area contributed by atoms with Crippen molar-refractivity contribution in [1.82, 2.24) is 4.90 Å². The summed E-state index contributed by atoms with van der Waals surface area (Å²) in [4.78, 5) is 15.0. The maximum absolute atomic E-state index is 13.2. The molecule has 2 heterocycles. The van der Waals surface area contributed by atoms with E-state index >= 15 is 0 Å². The zero-order chi connectivity index (χ0) is 22.0. The normalized spacial score (nSPS) is 20.0. The minimum absolute atomic E-state index is 0.0778. The number of hydrogen-bond donors (Lipinski definition) is 0. The number of hydrogen-bond acceptors (Lipinski definition) is 6. The van der Waals surface area contributed by atoms with E-state index in [0.717, 1.165) is 11.1 Å². The van der Waals surface area contributed by atoms with Gasteiger partial charge in [-0.1, -0.05) is 18.2 Å². The van der Waals surface area contributed by atoms with Crippen molar-refractivity contribution in [3.05, 3.63) is 48.0 Å². The summed E-state index contributed by atoms with van der Waals surface area (Å²) in [5.74, 6) is 3.20. The third-order valence-corrected chi connectivity index (χ3v) is 5.64. The van der Waals surface area contributed by atoms with Crippen LogP contribution >= 0.6 is 0 Å². The molecule has 31 heavy (non-hydrogen) atoms. The predicted octanol–water partition coefficient (Wildman–Crippen LogP) is 3.56. The van der Waals surface area contributed by atoms with Gasteiger partial charge in [0.1, 0.15) is 23.4 Å². The van der Waals surface area contributed by atoms with Crippen LogP contribution in [0.3, 0.4) is 0 Å². The van der Waals surface area contributed by atoms with E-state index in [4.69, 9.17) is 23.7 Å². The molecular weight excluding hydrogens is 398 g/mol. The first-order chi connectivity index (χ1) is 15.0. The van der Waals surface area contributed by atoms with E-state index in [1.54, 1.807) is 26.2 Å². The van der Waals surface area contributed by atoms with Crippen LogP contribution in [0.4, 0.5) is 0 Å². The molecule has 2 aliphatic heterocycles. The molecule has 0 fully saturated rings. The number of rotatable bonds is 5. The van der Waals surface area contributed by atoms with Gasteiger partial charge < -0.3 is 28.6 Å². The number of carbonyl (C=O) groups is 1. The van der Waals surface area contributed by atoms with Gasteiger partial charge in [0.15, 0.2) is 11.5 Å². The van der Waals surface area contributed by atoms with Crippen LogP contribution < -0.4 is 23.7 Å². The lowest BCUT2D eigenvalue weighted by Crippen LogP contribution is -2.51. The summed E-state index contributed by atoms with van der Waals surface area (Å²) in [6, 6.07) is 11.1. The third kappa shape index (κ3) is 4.00. The molecule has 7 heteroatoms. The molecule has 164 valence electrons. The largest absolute Gasteiger partial charge is 0.496 e. The summed E-state index contributed by atoms with van der Waals surface area (Å²) < 4.78 is 28.4. The van der Waals surface area contributed by atoms with E-state index < -0.39 is 6.10 Å². The van der Waals surface area contributed by atoms with Gasteiger partial charge in [-0.25, -0.2) is 0 Å². The monoisotopic (exact) mass is 425 g/mol. The van der Waals surface area contributed by atoms with Crippen molar-refractivity contribution in [3.63, 3.8) is 0 Å². The minimum Gasteiger partial charge on any atom is -0.496 e. The predicted molar refractivity (Wildman–Crippen MR) is 116 cm³/mol. The van der Waals surface area contributed by atoms with E-state index in [0.29, 0.717) is 48.3 Å². The molecule has 7 nitrogen and oxygen atoms in total. The molecule has 0 aromatic heterocycles. The van der Waals surface area contributed by atoms with Crippen LogP contribution in [0, 0.1) is 0 Å². The van der Waals surface area contributed by atoms with Crippen LogP contribution in [-0.2, 0) is 4.79 Å². The van der Waals surface area contributed by atoms with Crippen LogP contribution in [0.25, 0.3) is 5.57 Å². The molecule has 0 saturated carbocycles. The van der Waals surface area contributed by atoms with Crippen molar-refractivity contribution in [1.29, 1.82) is 0 Å². The molecule has 0 N–H and O–H groups in total. The zero-order valence-electron chi connectivity index (χ0n) is 18.2. The number of nitrogens with zero attached hydrogens (tertiary/aromatic N) is 1. The molecule has 2 atom stereocenters. The van der Waals surface area contributed by atoms with Gasteiger partial charge in [0, 0.05) is 25.2 Å². The van der Waals surface area contributed by atoms with E-state index in [1.807, 2.05) is 49.4 Å². The molecule has 0 bridgehead atoms. The smallest absolute Gasteiger partial charge is 0.267 e. The second kappa shape index (κ2) is 8.79. The molecule has 0 aliphatic carbocycles. The Labute approximate surface area is 182 Å². The molecular formula is C24H27NO6. The second-order valence-electron chi connectivity index (χ2n) is 7.48. The number of benzene rings is 2. The highest BCUT2D eigenvalue weighted by molar-refractivity contribution is 5.84. The molecule has 0 spiro atoms. The molecule has 1 amide bonds. The maximum Gasteiger partial charge on any atom is 0.267 e. The van der Waals surface area contributed by atoms with Crippen LogP contribution in [0.1, 0.15) is 18.9 Å². The van der Waals surface area contributed by atoms with Crippen LogP contribution in [-0.4, -0.2) is 57.4 Å². The highest BCUT2D eigenvalue weighted by atomic mass is 16.6. The standard InChI is InChI=1S/C24H27NO6/c1-15-23(31-19-8-6-5-7-18(19)30-15)24(26)25-11-9-16(10-12-25)22-20(28-3)13-17(27-2)14-21(22)29-4/h5-9,13-15,23H,10-12H2,1-4H3. The van der Waals surface area contributed by atoms with Crippen molar-refractivity contribution in [3.8, 4) is 28.7 Å². The van der Waals surface area contributed by atoms with Gasteiger partial charge >= 0.3 is 0 Å². The topological polar surface area (TPSA) is 66.5 Å². The minimum atomic E-state index is -0.671. The van der Waals surface area contributed by atoms with Gasteiger partial charge in [-0.3, -0.25) is 4.79 Å². The van der Waals surface area contributed by atoms with Crippen LogP contribution in [0.5, 0.6) is 28.7 Å². The van der Waals surface area contributed by atoms with Crippen LogP contribution in [0.15, 0.2) is 42.5 Å². The Hall–Kier alpha value is -3.35. The van der Waals surface area contributed by atoms with Crippen molar-refractivity contribution in [2.24, 2.45) is 0 Å². The highest BCUT2D eigenvalue weighted by Gasteiger charge is 2.37. The fraction of sp³-hybridized carbons (Fsp3) is 0.375. The lowest BCUT2D eigenvalue weighted by Gasteiger charge is -2.35. The maximum atomic E-state index is 13.2. The first-order valence-corrected chi connectivity index (χ1v) is 10.3. The Morgan fingerprint density at radius 1 is 1.00 bits per heavy atom. The van der Waals surface area contributed by atoms with E-state index in [9.17, 15) is 4.79 Å². The number of para-hydroxylation sites is 2. The Balaban J connectivity index is 1.53. The summed E-state index contributed by atoms with van der Waals surface area (Å²) in [7, 11) is 4.85. The summed E-state index contributed by atoms with van der Waals surface area (Å²) >= 11 is 0. The van der Waals surface area contributed by atoms with Gasteiger partial charge in [0.05, 0.1) is 26.9 Å². The summed E-state index contributed by atoms with van der Waals surface area (Å²) in [5, 5.41) is 0. The van der Waals surface area contributed by atoms with Gasteiger partial charge in [0.25, 0.3) is 5.91 Å². The molecule has 2 aromatic carbocycles. The Morgan fingerprint density at radius 2 is 1.65 bits per heavy atom. The van der Waals surface area contributed by atoms with Gasteiger partial charge in [-0.2, -0.15) is 0 Å². The average Bonchev–Trinajstić information content (AvgIpc) is 2.82. The summed E-state index contributed by atoms with van der Waals surface area (Å²) in [5.41, 5.74) is 1.96. The first kappa shape index (κ1) is 20.9. The van der Waals surface area contributed by atoms with Crippen molar-refractivity contribution < 1.29 is 28.5 Å². The Kier molecular flexibility index (Phi) is 5.93. The van der Waals surface area contributed by atoms with Gasteiger partial charge in [-0.15, -0.1) is 0 Å². The van der Waals surface area contributed by atoms with Crippen molar-refractivity contribution >= 4 is 11.5 Å². The fourth-order valence-electron chi connectivity index (χ4n) is 3.99. The van der Waals surface area contributed by atoms with E-state index in [2.05, 4.69) is 0 Å². The van der Waals surface area contributed by atoms with Gasteiger partial charge in [0.2, 0.25) is 6.10 Å². The van der Waals surface area contributed by atoms with Crippen molar-refractivity contribution in [2.45, 2.75) is 25.6 Å². The van der Waals surface area contributed by atoms with Gasteiger partial charge in [-0.05, 0) is 31.1 Å². The second-order valence-corrected chi connectivity index (χ2v) is 7.48. The number of amides is 1. The number of carbonyl (C=O) groups excluding carboxylic acids is 1. The SMILES string of the molecule is COc1cc(OC)c(C2=CCN(C(=O)C3Oc4ccccc4OC3C)CC2)c(OC)c1. The zero-order valence-corrected chi connectivity index (χ0v) is 18.2. The molecule has 0 radical (unpaired) electrons. The molecule has 0 saturated heterocycles. The lowest BCUT2D eigenvalue weighted by molar-refractivity contribution is -0.143. The molecule has 2 aromatic rings.